The molecular formula is C17H13ClN2O4. The van der Waals surface area contributed by atoms with Gasteiger partial charge >= 0.3 is 5.69 Å². The van der Waals surface area contributed by atoms with Gasteiger partial charge in [-0.1, -0.05) is 29.8 Å². The minimum atomic E-state index is -0.484. The zero-order valence-electron chi connectivity index (χ0n) is 12.7. The molecule has 122 valence electrons. The second kappa shape index (κ2) is 6.72. The second-order valence-electron chi connectivity index (χ2n) is 5.15. The zero-order valence-corrected chi connectivity index (χ0v) is 13.5. The molecule has 0 aliphatic rings. The molecule has 0 unspecified atom stereocenters. The SMILES string of the molecule is Cc1ccc([N+](=O)[O-])c(OCc2ncc(-c3cccc(Cl)c3)o2)c1. The van der Waals surface area contributed by atoms with Gasteiger partial charge in [0.1, 0.15) is 0 Å². The van der Waals surface area contributed by atoms with Crippen molar-refractivity contribution in [3.63, 3.8) is 0 Å². The summed E-state index contributed by atoms with van der Waals surface area (Å²) in [6, 6.07) is 11.9. The maximum atomic E-state index is 11.0. The fourth-order valence-corrected chi connectivity index (χ4v) is 2.37. The Bertz CT molecular complexity index is 892. The van der Waals surface area contributed by atoms with Crippen LogP contribution in [0.4, 0.5) is 5.69 Å². The summed E-state index contributed by atoms with van der Waals surface area (Å²) >= 11 is 5.95. The molecule has 0 aliphatic carbocycles. The van der Waals surface area contributed by atoms with E-state index < -0.39 is 4.92 Å². The van der Waals surface area contributed by atoms with Crippen LogP contribution in [0, 0.1) is 17.0 Å². The van der Waals surface area contributed by atoms with E-state index in [0.717, 1.165) is 11.1 Å². The number of nitro benzene ring substituents is 1. The second-order valence-corrected chi connectivity index (χ2v) is 5.58. The van der Waals surface area contributed by atoms with Crippen LogP contribution >= 0.6 is 11.6 Å². The number of hydrogen-bond donors (Lipinski definition) is 0. The fraction of sp³-hybridized carbons (Fsp3) is 0.118. The molecule has 0 aliphatic heterocycles. The van der Waals surface area contributed by atoms with Crippen molar-refractivity contribution in [3.8, 4) is 17.1 Å². The monoisotopic (exact) mass is 344 g/mol. The molecule has 2 aromatic carbocycles. The topological polar surface area (TPSA) is 78.4 Å². The molecule has 0 atom stereocenters. The Hall–Kier alpha value is -2.86. The fourth-order valence-electron chi connectivity index (χ4n) is 2.18. The van der Waals surface area contributed by atoms with E-state index >= 15 is 0 Å². The average Bonchev–Trinajstić information content (AvgIpc) is 3.01. The maximum Gasteiger partial charge on any atom is 0.310 e. The van der Waals surface area contributed by atoms with Crippen molar-refractivity contribution >= 4 is 17.3 Å². The van der Waals surface area contributed by atoms with Crippen LogP contribution in [0.5, 0.6) is 5.75 Å². The van der Waals surface area contributed by atoms with Crippen molar-refractivity contribution < 1.29 is 14.1 Å². The Morgan fingerprint density at radius 2 is 2.12 bits per heavy atom. The molecule has 24 heavy (non-hydrogen) atoms. The number of ether oxygens (including phenoxy) is 1. The Morgan fingerprint density at radius 1 is 1.29 bits per heavy atom. The lowest BCUT2D eigenvalue weighted by Gasteiger charge is -2.05. The van der Waals surface area contributed by atoms with Crippen LogP contribution in [0.3, 0.4) is 0 Å². The minimum absolute atomic E-state index is 0.00907. The molecule has 0 saturated carbocycles. The van der Waals surface area contributed by atoms with Gasteiger partial charge in [-0.25, -0.2) is 4.98 Å². The number of halogens is 1. The molecule has 0 bridgehead atoms. The quantitative estimate of drug-likeness (QED) is 0.491. The molecule has 0 N–H and O–H groups in total. The summed E-state index contributed by atoms with van der Waals surface area (Å²) in [5.41, 5.74) is 1.56. The van der Waals surface area contributed by atoms with Crippen LogP contribution in [0.25, 0.3) is 11.3 Å². The van der Waals surface area contributed by atoms with Gasteiger partial charge in [0.2, 0.25) is 5.89 Å². The van der Waals surface area contributed by atoms with E-state index in [1.54, 1.807) is 30.5 Å². The van der Waals surface area contributed by atoms with E-state index in [0.29, 0.717) is 16.7 Å². The number of hydrogen-bond acceptors (Lipinski definition) is 5. The van der Waals surface area contributed by atoms with Crippen LogP contribution < -0.4 is 4.74 Å². The van der Waals surface area contributed by atoms with Crippen LogP contribution in [-0.4, -0.2) is 9.91 Å². The third-order valence-electron chi connectivity index (χ3n) is 3.33. The van der Waals surface area contributed by atoms with Crippen molar-refractivity contribution in [1.82, 2.24) is 4.98 Å². The highest BCUT2D eigenvalue weighted by Crippen LogP contribution is 2.29. The van der Waals surface area contributed by atoms with E-state index in [9.17, 15) is 10.1 Å². The van der Waals surface area contributed by atoms with Crippen LogP contribution in [0.15, 0.2) is 53.1 Å². The summed E-state index contributed by atoms with van der Waals surface area (Å²) in [5, 5.41) is 11.6. The van der Waals surface area contributed by atoms with Gasteiger partial charge in [-0.05, 0) is 30.7 Å². The number of aryl methyl sites for hydroxylation is 1. The van der Waals surface area contributed by atoms with Gasteiger partial charge in [-0.2, -0.15) is 0 Å². The first-order chi connectivity index (χ1) is 11.5. The Morgan fingerprint density at radius 3 is 2.88 bits per heavy atom. The summed E-state index contributed by atoms with van der Waals surface area (Å²) in [4.78, 5) is 14.7. The molecule has 1 heterocycles. The van der Waals surface area contributed by atoms with Gasteiger partial charge in [0.15, 0.2) is 18.1 Å². The number of benzene rings is 2. The van der Waals surface area contributed by atoms with Crippen molar-refractivity contribution in [2.75, 3.05) is 0 Å². The highest BCUT2D eigenvalue weighted by atomic mass is 35.5. The average molecular weight is 345 g/mol. The molecule has 0 saturated heterocycles. The van der Waals surface area contributed by atoms with E-state index in [-0.39, 0.29) is 18.0 Å². The largest absolute Gasteiger partial charge is 0.477 e. The minimum Gasteiger partial charge on any atom is -0.477 e. The molecule has 0 amide bonds. The molecule has 7 heteroatoms. The molecule has 1 aromatic heterocycles. The molecule has 3 rings (SSSR count). The zero-order chi connectivity index (χ0) is 17.1. The third-order valence-corrected chi connectivity index (χ3v) is 3.56. The van der Waals surface area contributed by atoms with Gasteiger partial charge in [0.05, 0.1) is 11.1 Å². The van der Waals surface area contributed by atoms with Gasteiger partial charge in [-0.15, -0.1) is 0 Å². The van der Waals surface area contributed by atoms with Gasteiger partial charge in [-0.3, -0.25) is 10.1 Å². The van der Waals surface area contributed by atoms with Gasteiger partial charge in [0, 0.05) is 16.7 Å². The number of nitrogens with zero attached hydrogens (tertiary/aromatic N) is 2. The summed E-state index contributed by atoms with van der Waals surface area (Å²) in [5.74, 6) is 1.05. The Kier molecular flexibility index (Phi) is 4.48. The van der Waals surface area contributed by atoms with E-state index in [1.807, 2.05) is 19.1 Å². The molecule has 0 radical (unpaired) electrons. The predicted octanol–water partition coefficient (Wildman–Crippen LogP) is 4.79. The van der Waals surface area contributed by atoms with E-state index in [2.05, 4.69) is 4.98 Å². The van der Waals surface area contributed by atoms with Gasteiger partial charge < -0.3 is 9.15 Å². The summed E-state index contributed by atoms with van der Waals surface area (Å²) in [7, 11) is 0. The normalized spacial score (nSPS) is 10.6. The third kappa shape index (κ3) is 3.55. The number of rotatable bonds is 5. The van der Waals surface area contributed by atoms with Crippen LogP contribution in [0.1, 0.15) is 11.5 Å². The van der Waals surface area contributed by atoms with E-state index in [4.69, 9.17) is 20.8 Å². The smallest absolute Gasteiger partial charge is 0.310 e. The summed E-state index contributed by atoms with van der Waals surface area (Å²) in [6.45, 7) is 1.82. The van der Waals surface area contributed by atoms with Crippen molar-refractivity contribution in [3.05, 3.63) is 75.3 Å². The lowest BCUT2D eigenvalue weighted by molar-refractivity contribution is -0.386. The predicted molar refractivity (Wildman–Crippen MR) is 89.1 cm³/mol. The lowest BCUT2D eigenvalue weighted by atomic mass is 10.2. The first-order valence-corrected chi connectivity index (χ1v) is 7.49. The van der Waals surface area contributed by atoms with E-state index in [1.165, 1.54) is 6.07 Å². The van der Waals surface area contributed by atoms with Gasteiger partial charge in [0.25, 0.3) is 0 Å². The van der Waals surface area contributed by atoms with Crippen molar-refractivity contribution in [2.24, 2.45) is 0 Å². The van der Waals surface area contributed by atoms with Crippen molar-refractivity contribution in [1.29, 1.82) is 0 Å². The number of aromatic nitrogens is 1. The Labute approximate surface area is 142 Å². The first kappa shape index (κ1) is 16.0. The van der Waals surface area contributed by atoms with Crippen LogP contribution in [-0.2, 0) is 6.61 Å². The highest BCUT2D eigenvalue weighted by Gasteiger charge is 2.16. The van der Waals surface area contributed by atoms with Crippen molar-refractivity contribution in [2.45, 2.75) is 13.5 Å². The number of nitro groups is 1. The molecule has 0 spiro atoms. The van der Waals surface area contributed by atoms with Crippen LogP contribution in [0.2, 0.25) is 5.02 Å². The first-order valence-electron chi connectivity index (χ1n) is 7.11. The molecular weight excluding hydrogens is 332 g/mol. The lowest BCUT2D eigenvalue weighted by Crippen LogP contribution is -1.99. The maximum absolute atomic E-state index is 11.0. The standard InChI is InChI=1S/C17H13ClN2O4/c1-11-5-6-14(20(21)22)15(7-11)23-10-17-19-9-16(24-17)12-3-2-4-13(18)8-12/h2-9H,10H2,1H3. The Balaban J connectivity index is 1.77. The summed E-state index contributed by atoms with van der Waals surface area (Å²) < 4.78 is 11.1. The molecule has 3 aromatic rings. The highest BCUT2D eigenvalue weighted by molar-refractivity contribution is 6.30. The molecule has 0 fully saturated rings. The molecule has 6 nitrogen and oxygen atoms in total. The number of oxazole rings is 1. The summed E-state index contributed by atoms with van der Waals surface area (Å²) in [6.07, 6.45) is 1.56.